The Morgan fingerprint density at radius 2 is 1.95 bits per heavy atom. The average molecular weight is 342 g/mol. The van der Waals surface area contributed by atoms with Crippen molar-refractivity contribution in [2.45, 2.75) is 18.6 Å². The molecule has 1 aromatic carbocycles. The zero-order chi connectivity index (χ0) is 14.4. The second-order valence-corrected chi connectivity index (χ2v) is 6.67. The van der Waals surface area contributed by atoms with Crippen LogP contribution in [0.1, 0.15) is 13.3 Å². The second-order valence-electron chi connectivity index (χ2n) is 3.99. The van der Waals surface area contributed by atoms with E-state index in [4.69, 9.17) is 40.5 Å². The maximum atomic E-state index is 11.8. The van der Waals surface area contributed by atoms with Gasteiger partial charge < -0.3 is 11.1 Å². The Morgan fingerprint density at radius 3 is 2.47 bits per heavy atom. The number of anilines is 1. The Morgan fingerprint density at radius 1 is 1.37 bits per heavy atom. The van der Waals surface area contributed by atoms with E-state index in [1.54, 1.807) is 0 Å². The van der Waals surface area contributed by atoms with Crippen molar-refractivity contribution >= 4 is 58.2 Å². The van der Waals surface area contributed by atoms with Gasteiger partial charge in [0, 0.05) is 10.3 Å². The smallest absolute Gasteiger partial charge is 0.234 e. The van der Waals surface area contributed by atoms with E-state index in [2.05, 4.69) is 5.32 Å². The van der Waals surface area contributed by atoms with E-state index in [9.17, 15) is 4.79 Å². The van der Waals surface area contributed by atoms with Gasteiger partial charge in [-0.3, -0.25) is 4.79 Å². The lowest BCUT2D eigenvalue weighted by Crippen LogP contribution is -2.17. The van der Waals surface area contributed by atoms with Gasteiger partial charge in [0.15, 0.2) is 0 Å². The third-order valence-electron chi connectivity index (χ3n) is 2.34. The fourth-order valence-corrected chi connectivity index (χ4v) is 3.10. The predicted octanol–water partition coefficient (Wildman–Crippen LogP) is 4.06. The largest absolute Gasteiger partial charge is 0.330 e. The van der Waals surface area contributed by atoms with Crippen LogP contribution < -0.4 is 11.1 Å². The Labute approximate surface area is 132 Å². The van der Waals surface area contributed by atoms with Crippen LogP contribution in [-0.4, -0.2) is 23.5 Å². The molecule has 0 saturated heterocycles. The van der Waals surface area contributed by atoms with Crippen LogP contribution in [0.5, 0.6) is 0 Å². The lowest BCUT2D eigenvalue weighted by Gasteiger charge is -2.12. The van der Waals surface area contributed by atoms with Gasteiger partial charge in [0.05, 0.1) is 21.5 Å². The van der Waals surface area contributed by atoms with Gasteiger partial charge >= 0.3 is 0 Å². The number of nitrogens with two attached hydrogens (primary N) is 1. The van der Waals surface area contributed by atoms with Crippen molar-refractivity contribution < 1.29 is 4.79 Å². The Kier molecular flexibility index (Phi) is 7.32. The van der Waals surface area contributed by atoms with Crippen molar-refractivity contribution in [2.75, 3.05) is 17.6 Å². The summed E-state index contributed by atoms with van der Waals surface area (Å²) < 4.78 is 0. The summed E-state index contributed by atoms with van der Waals surface area (Å²) in [5, 5.41) is 4.11. The van der Waals surface area contributed by atoms with Crippen molar-refractivity contribution in [1.29, 1.82) is 0 Å². The van der Waals surface area contributed by atoms with Crippen LogP contribution in [0.4, 0.5) is 5.69 Å². The molecule has 106 valence electrons. The lowest BCUT2D eigenvalue weighted by atomic mass is 10.3. The van der Waals surface area contributed by atoms with Crippen molar-refractivity contribution in [3.8, 4) is 0 Å². The molecule has 19 heavy (non-hydrogen) atoms. The first kappa shape index (κ1) is 16.9. The molecule has 1 aromatic rings. The number of benzene rings is 1. The summed E-state index contributed by atoms with van der Waals surface area (Å²) in [4.78, 5) is 11.8. The van der Waals surface area contributed by atoms with Crippen molar-refractivity contribution in [3.05, 3.63) is 27.2 Å². The first-order chi connectivity index (χ1) is 8.93. The molecular weight excluding hydrogens is 327 g/mol. The zero-order valence-corrected chi connectivity index (χ0v) is 13.5. The minimum absolute atomic E-state index is 0.153. The average Bonchev–Trinajstić information content (AvgIpc) is 2.31. The van der Waals surface area contributed by atoms with Crippen LogP contribution in [0.2, 0.25) is 15.1 Å². The molecule has 3 N–H and O–H groups in total. The summed E-state index contributed by atoms with van der Waals surface area (Å²) in [6, 6.07) is 3.07. The van der Waals surface area contributed by atoms with E-state index in [0.717, 1.165) is 6.42 Å². The van der Waals surface area contributed by atoms with E-state index in [-0.39, 0.29) is 5.91 Å². The zero-order valence-electron chi connectivity index (χ0n) is 10.4. The highest BCUT2D eigenvalue weighted by atomic mass is 35.5. The highest BCUT2D eigenvalue weighted by molar-refractivity contribution is 8.00. The Bertz CT molecular complexity index is 434. The fraction of sp³-hybridized carbons (Fsp3) is 0.417. The minimum Gasteiger partial charge on any atom is -0.330 e. The van der Waals surface area contributed by atoms with Gasteiger partial charge in [-0.25, -0.2) is 0 Å². The highest BCUT2D eigenvalue weighted by Crippen LogP contribution is 2.33. The minimum atomic E-state index is -0.153. The van der Waals surface area contributed by atoms with Crippen LogP contribution in [0, 0.1) is 0 Å². The predicted molar refractivity (Wildman–Crippen MR) is 85.7 cm³/mol. The van der Waals surface area contributed by atoms with E-state index in [1.165, 1.54) is 23.9 Å². The first-order valence-electron chi connectivity index (χ1n) is 5.70. The molecule has 0 aliphatic rings. The number of carbonyl (C=O) groups excluding carboxylic acids is 1. The molecule has 1 atom stereocenters. The topological polar surface area (TPSA) is 55.1 Å². The summed E-state index contributed by atoms with van der Waals surface area (Å²) in [6.07, 6.45) is 0.875. The molecule has 3 nitrogen and oxygen atoms in total. The molecular formula is C12H15Cl3N2OS. The molecule has 1 amide bonds. The number of halogens is 3. The summed E-state index contributed by atoms with van der Waals surface area (Å²) in [6.45, 7) is 2.65. The van der Waals surface area contributed by atoms with Crippen LogP contribution >= 0.6 is 46.6 Å². The van der Waals surface area contributed by atoms with E-state index >= 15 is 0 Å². The molecule has 0 spiro atoms. The normalized spacial score (nSPS) is 12.3. The Balaban J connectivity index is 2.58. The summed E-state index contributed by atoms with van der Waals surface area (Å²) in [5.74, 6) is 0.177. The van der Waals surface area contributed by atoms with Crippen molar-refractivity contribution in [3.63, 3.8) is 0 Å². The molecule has 0 aliphatic carbocycles. The molecule has 0 fully saturated rings. The number of hydrogen-bond acceptors (Lipinski definition) is 3. The quantitative estimate of drug-likeness (QED) is 0.820. The molecule has 0 bridgehead atoms. The van der Waals surface area contributed by atoms with Crippen LogP contribution in [0.15, 0.2) is 12.1 Å². The highest BCUT2D eigenvalue weighted by Gasteiger charge is 2.12. The number of amides is 1. The van der Waals surface area contributed by atoms with Crippen LogP contribution in [0.3, 0.4) is 0 Å². The SMILES string of the molecule is CC(CCN)SCC(=O)Nc1c(Cl)cc(Cl)cc1Cl. The standard InChI is InChI=1S/C12H15Cl3N2OS/c1-7(2-3-16)19-6-11(18)17-12-9(14)4-8(13)5-10(12)15/h4-5,7H,2-3,6,16H2,1H3,(H,17,18). The van der Waals surface area contributed by atoms with Gasteiger partial charge in [-0.2, -0.15) is 0 Å². The van der Waals surface area contributed by atoms with Crippen molar-refractivity contribution in [2.24, 2.45) is 5.73 Å². The monoisotopic (exact) mass is 340 g/mol. The lowest BCUT2D eigenvalue weighted by molar-refractivity contribution is -0.113. The Hall–Kier alpha value is -0.130. The third-order valence-corrected chi connectivity index (χ3v) is 4.39. The number of nitrogens with one attached hydrogen (secondary N) is 1. The van der Waals surface area contributed by atoms with Gasteiger partial charge in [-0.05, 0) is 25.1 Å². The van der Waals surface area contributed by atoms with Gasteiger partial charge in [-0.1, -0.05) is 41.7 Å². The van der Waals surface area contributed by atoms with Crippen LogP contribution in [-0.2, 0) is 4.79 Å². The molecule has 1 rings (SSSR count). The first-order valence-corrected chi connectivity index (χ1v) is 7.88. The van der Waals surface area contributed by atoms with E-state index < -0.39 is 0 Å². The van der Waals surface area contributed by atoms with E-state index in [0.29, 0.717) is 38.3 Å². The molecule has 0 heterocycles. The van der Waals surface area contributed by atoms with E-state index in [1.807, 2.05) is 6.92 Å². The molecule has 0 radical (unpaired) electrons. The summed E-state index contributed by atoms with van der Waals surface area (Å²) in [5.41, 5.74) is 5.85. The number of hydrogen-bond donors (Lipinski definition) is 2. The van der Waals surface area contributed by atoms with Gasteiger partial charge in [0.1, 0.15) is 0 Å². The summed E-state index contributed by atoms with van der Waals surface area (Å²) in [7, 11) is 0. The van der Waals surface area contributed by atoms with Gasteiger partial charge in [0.2, 0.25) is 5.91 Å². The second kappa shape index (κ2) is 8.22. The molecule has 0 saturated carbocycles. The van der Waals surface area contributed by atoms with Gasteiger partial charge in [0.25, 0.3) is 0 Å². The number of rotatable bonds is 6. The number of thioether (sulfide) groups is 1. The fourth-order valence-electron chi connectivity index (χ4n) is 1.37. The number of carbonyl (C=O) groups is 1. The maximum absolute atomic E-state index is 11.8. The molecule has 0 aromatic heterocycles. The molecule has 0 aliphatic heterocycles. The molecule has 7 heteroatoms. The molecule has 1 unspecified atom stereocenters. The third kappa shape index (κ3) is 5.79. The van der Waals surface area contributed by atoms with Crippen LogP contribution in [0.25, 0.3) is 0 Å². The maximum Gasteiger partial charge on any atom is 0.234 e. The van der Waals surface area contributed by atoms with Crippen molar-refractivity contribution in [1.82, 2.24) is 0 Å². The van der Waals surface area contributed by atoms with Gasteiger partial charge in [-0.15, -0.1) is 11.8 Å². The summed E-state index contributed by atoms with van der Waals surface area (Å²) >= 11 is 19.3.